The molecule has 0 saturated carbocycles. The molecule has 0 N–H and O–H groups in total. The first kappa shape index (κ1) is 21.3. The summed E-state index contributed by atoms with van der Waals surface area (Å²) in [6.45, 7) is 5.24. The molecule has 0 spiro atoms. The molecular weight excluding hydrogens is 363 g/mol. The van der Waals surface area contributed by atoms with Crippen molar-refractivity contribution < 1.29 is 23.5 Å². The van der Waals surface area contributed by atoms with Gasteiger partial charge >= 0.3 is 5.97 Å². The Morgan fingerprint density at radius 1 is 1.14 bits per heavy atom. The Kier molecular flexibility index (Phi) is 6.72. The number of methoxy groups -OCH3 is 1. The number of esters is 1. The first-order valence-corrected chi connectivity index (χ1v) is 9.00. The first-order valence-electron chi connectivity index (χ1n) is 9.00. The van der Waals surface area contributed by atoms with E-state index in [1.807, 2.05) is 0 Å². The van der Waals surface area contributed by atoms with Crippen LogP contribution < -0.4 is 0 Å². The number of hydrogen-bond donors (Lipinski definition) is 0. The van der Waals surface area contributed by atoms with Crippen LogP contribution in [-0.4, -0.2) is 40.8 Å². The van der Waals surface area contributed by atoms with E-state index in [-0.39, 0.29) is 37.0 Å². The highest BCUT2D eigenvalue weighted by Gasteiger charge is 2.27. The minimum atomic E-state index is -0.519. The molecule has 28 heavy (non-hydrogen) atoms. The topological polar surface area (TPSA) is 68.6 Å². The number of ether oxygens (including phenoxy) is 1. The molecule has 0 saturated heterocycles. The van der Waals surface area contributed by atoms with Gasteiger partial charge in [-0.15, -0.1) is 0 Å². The van der Waals surface area contributed by atoms with Crippen LogP contribution in [0.25, 0.3) is 0 Å². The van der Waals surface area contributed by atoms with Crippen LogP contribution in [0.3, 0.4) is 0 Å². The van der Waals surface area contributed by atoms with Crippen molar-refractivity contribution in [1.82, 2.24) is 9.47 Å². The van der Waals surface area contributed by atoms with Gasteiger partial charge in [-0.2, -0.15) is 0 Å². The predicted octanol–water partition coefficient (Wildman–Crippen LogP) is 3.19. The molecule has 0 unspecified atom stereocenters. The minimum Gasteiger partial charge on any atom is -0.464 e. The fourth-order valence-electron chi connectivity index (χ4n) is 3.29. The second kappa shape index (κ2) is 8.82. The van der Waals surface area contributed by atoms with Gasteiger partial charge in [-0.25, -0.2) is 9.18 Å². The second-order valence-electron chi connectivity index (χ2n) is 6.64. The maximum atomic E-state index is 13.1. The van der Waals surface area contributed by atoms with Crippen molar-refractivity contribution >= 4 is 17.7 Å². The van der Waals surface area contributed by atoms with E-state index in [1.54, 1.807) is 44.5 Å². The Balaban J connectivity index is 2.32. The molecule has 0 bridgehead atoms. The molecule has 7 heteroatoms. The van der Waals surface area contributed by atoms with E-state index in [2.05, 4.69) is 0 Å². The summed E-state index contributed by atoms with van der Waals surface area (Å²) in [6, 6.07) is 5.81. The molecule has 0 aliphatic rings. The van der Waals surface area contributed by atoms with Gasteiger partial charge in [-0.3, -0.25) is 9.59 Å². The van der Waals surface area contributed by atoms with E-state index in [0.717, 1.165) is 5.56 Å². The van der Waals surface area contributed by atoms with Gasteiger partial charge in [0.2, 0.25) is 5.91 Å². The van der Waals surface area contributed by atoms with Gasteiger partial charge in [0, 0.05) is 31.3 Å². The van der Waals surface area contributed by atoms with Gasteiger partial charge in [0.15, 0.2) is 5.78 Å². The molecule has 2 rings (SSSR count). The molecule has 0 aliphatic heterocycles. The van der Waals surface area contributed by atoms with Crippen molar-refractivity contribution in [2.75, 3.05) is 13.7 Å². The molecule has 1 heterocycles. The first-order chi connectivity index (χ1) is 13.2. The van der Waals surface area contributed by atoms with E-state index in [9.17, 15) is 18.8 Å². The standard InChI is InChI=1S/C21H25FN2O4/c1-6-18(26)24(11-15-7-9-16(22)10-8-15)12-17(25)19-13(2)20(21(27)28-5)23(4)14(19)3/h7-10H,6,11-12H2,1-5H3. The summed E-state index contributed by atoms with van der Waals surface area (Å²) in [4.78, 5) is 38.9. The third-order valence-corrected chi connectivity index (χ3v) is 4.86. The van der Waals surface area contributed by atoms with Gasteiger partial charge in [-0.1, -0.05) is 19.1 Å². The number of amides is 1. The SMILES string of the molecule is CCC(=O)N(CC(=O)c1c(C)c(C(=O)OC)n(C)c1C)Cc1ccc(F)cc1. The molecule has 0 aliphatic carbocycles. The number of halogens is 1. The molecule has 150 valence electrons. The number of aromatic nitrogens is 1. The number of nitrogens with zero attached hydrogens (tertiary/aromatic N) is 2. The highest BCUT2D eigenvalue weighted by atomic mass is 19.1. The van der Waals surface area contributed by atoms with Crippen molar-refractivity contribution in [3.05, 3.63) is 58.2 Å². The molecule has 0 atom stereocenters. The molecule has 1 amide bonds. The van der Waals surface area contributed by atoms with E-state index in [1.165, 1.54) is 24.1 Å². The summed E-state index contributed by atoms with van der Waals surface area (Å²) >= 11 is 0. The van der Waals surface area contributed by atoms with Crippen LogP contribution in [0.4, 0.5) is 4.39 Å². The van der Waals surface area contributed by atoms with Crippen LogP contribution in [0.15, 0.2) is 24.3 Å². The lowest BCUT2D eigenvalue weighted by atomic mass is 10.0. The van der Waals surface area contributed by atoms with Crippen molar-refractivity contribution in [3.8, 4) is 0 Å². The number of rotatable bonds is 7. The Morgan fingerprint density at radius 2 is 1.75 bits per heavy atom. The summed E-state index contributed by atoms with van der Waals surface area (Å²) in [5, 5.41) is 0. The van der Waals surface area contributed by atoms with E-state index < -0.39 is 5.97 Å². The molecule has 1 aromatic carbocycles. The Bertz CT molecular complexity index is 900. The fraction of sp³-hybridized carbons (Fsp3) is 0.381. The van der Waals surface area contributed by atoms with Crippen molar-refractivity contribution in [3.63, 3.8) is 0 Å². The van der Waals surface area contributed by atoms with Crippen molar-refractivity contribution in [2.24, 2.45) is 7.05 Å². The summed E-state index contributed by atoms with van der Waals surface area (Å²) in [6.07, 6.45) is 0.245. The Labute approximate surface area is 163 Å². The number of carbonyl (C=O) groups excluding carboxylic acids is 3. The molecule has 6 nitrogen and oxygen atoms in total. The van der Waals surface area contributed by atoms with Gasteiger partial charge in [0.05, 0.1) is 13.7 Å². The number of hydrogen-bond acceptors (Lipinski definition) is 4. The van der Waals surface area contributed by atoms with Crippen molar-refractivity contribution in [2.45, 2.75) is 33.7 Å². The van der Waals surface area contributed by atoms with Crippen molar-refractivity contribution in [1.29, 1.82) is 0 Å². The number of ketones is 1. The van der Waals surface area contributed by atoms with Crippen LogP contribution in [0.2, 0.25) is 0 Å². The van der Waals surface area contributed by atoms with Gasteiger partial charge < -0.3 is 14.2 Å². The fourth-order valence-corrected chi connectivity index (χ4v) is 3.29. The maximum absolute atomic E-state index is 13.1. The lowest BCUT2D eigenvalue weighted by Gasteiger charge is -2.22. The Hall–Kier alpha value is -2.96. The summed E-state index contributed by atoms with van der Waals surface area (Å²) in [5.74, 6) is -1.32. The highest BCUT2D eigenvalue weighted by Crippen LogP contribution is 2.23. The largest absolute Gasteiger partial charge is 0.464 e. The molecule has 0 fully saturated rings. The predicted molar refractivity (Wildman–Crippen MR) is 103 cm³/mol. The molecule has 2 aromatic rings. The van der Waals surface area contributed by atoms with E-state index in [0.29, 0.717) is 22.5 Å². The maximum Gasteiger partial charge on any atom is 0.354 e. The second-order valence-corrected chi connectivity index (χ2v) is 6.64. The van der Waals surface area contributed by atoms with Crippen LogP contribution in [0, 0.1) is 19.7 Å². The lowest BCUT2D eigenvalue weighted by molar-refractivity contribution is -0.131. The molecule has 1 aromatic heterocycles. The van der Waals surface area contributed by atoms with Crippen LogP contribution in [0.1, 0.15) is 51.0 Å². The zero-order valence-electron chi connectivity index (χ0n) is 16.8. The third kappa shape index (κ3) is 4.30. The number of benzene rings is 1. The summed E-state index contributed by atoms with van der Waals surface area (Å²) < 4.78 is 19.6. The third-order valence-electron chi connectivity index (χ3n) is 4.86. The Morgan fingerprint density at radius 3 is 2.29 bits per heavy atom. The minimum absolute atomic E-state index is 0.129. The number of Topliss-reactive ketones (excluding diaryl/α,β-unsaturated/α-hetero) is 1. The monoisotopic (exact) mass is 388 g/mol. The zero-order valence-corrected chi connectivity index (χ0v) is 16.8. The van der Waals surface area contributed by atoms with Crippen LogP contribution in [-0.2, 0) is 23.1 Å². The molecule has 0 radical (unpaired) electrons. The highest BCUT2D eigenvalue weighted by molar-refractivity contribution is 6.04. The summed E-state index contributed by atoms with van der Waals surface area (Å²) in [7, 11) is 2.98. The molecular formula is C21H25FN2O4. The number of carbonyl (C=O) groups is 3. The van der Waals surface area contributed by atoms with Crippen LogP contribution >= 0.6 is 0 Å². The lowest BCUT2D eigenvalue weighted by Crippen LogP contribution is -2.35. The zero-order chi connectivity index (χ0) is 21.0. The summed E-state index contributed by atoms with van der Waals surface area (Å²) in [5.41, 5.74) is 2.62. The van der Waals surface area contributed by atoms with E-state index in [4.69, 9.17) is 4.74 Å². The quantitative estimate of drug-likeness (QED) is 0.540. The average molecular weight is 388 g/mol. The van der Waals surface area contributed by atoms with Gasteiger partial charge in [-0.05, 0) is 37.1 Å². The average Bonchev–Trinajstić information content (AvgIpc) is 2.90. The van der Waals surface area contributed by atoms with Gasteiger partial charge in [0.25, 0.3) is 0 Å². The smallest absolute Gasteiger partial charge is 0.354 e. The van der Waals surface area contributed by atoms with Crippen LogP contribution in [0.5, 0.6) is 0 Å². The van der Waals surface area contributed by atoms with Gasteiger partial charge in [0.1, 0.15) is 11.5 Å². The van der Waals surface area contributed by atoms with E-state index >= 15 is 0 Å². The normalized spacial score (nSPS) is 10.6.